The molecule has 130 valence electrons. The van der Waals surface area contributed by atoms with Crippen molar-refractivity contribution in [2.75, 3.05) is 18.4 Å². The maximum Gasteiger partial charge on any atom is 0.278 e. The third-order valence-corrected chi connectivity index (χ3v) is 4.47. The lowest BCUT2D eigenvalue weighted by Crippen LogP contribution is -2.30. The fourth-order valence-corrected chi connectivity index (χ4v) is 3.08. The highest BCUT2D eigenvalue weighted by atomic mass is 79.9. The van der Waals surface area contributed by atoms with Gasteiger partial charge < -0.3 is 10.6 Å². The molecule has 0 atom stereocenters. The summed E-state index contributed by atoms with van der Waals surface area (Å²) in [5.74, 6) is -0.954. The van der Waals surface area contributed by atoms with Crippen molar-refractivity contribution in [3.63, 3.8) is 0 Å². The number of hydrogen-bond acceptors (Lipinski definition) is 4. The zero-order valence-electron chi connectivity index (χ0n) is 13.1. The van der Waals surface area contributed by atoms with Crippen molar-refractivity contribution in [1.82, 2.24) is 20.3 Å². The molecule has 0 unspecified atom stereocenters. The third kappa shape index (κ3) is 3.93. The first kappa shape index (κ1) is 18.8. The van der Waals surface area contributed by atoms with E-state index in [4.69, 9.17) is 0 Å². The number of piperidine rings is 1. The van der Waals surface area contributed by atoms with Crippen molar-refractivity contribution >= 4 is 39.9 Å². The van der Waals surface area contributed by atoms with Crippen LogP contribution in [0.4, 0.5) is 10.1 Å². The van der Waals surface area contributed by atoms with Crippen LogP contribution < -0.4 is 10.6 Å². The predicted octanol–water partition coefficient (Wildman–Crippen LogP) is 3.09. The summed E-state index contributed by atoms with van der Waals surface area (Å²) in [4.78, 5) is 12.4. The highest BCUT2D eigenvalue weighted by molar-refractivity contribution is 9.10. The van der Waals surface area contributed by atoms with E-state index in [2.05, 4.69) is 36.9 Å². The molecule has 3 rings (SSSR count). The van der Waals surface area contributed by atoms with Crippen LogP contribution in [0.15, 0.2) is 22.7 Å². The van der Waals surface area contributed by atoms with Crippen molar-refractivity contribution in [2.45, 2.75) is 25.8 Å². The predicted molar refractivity (Wildman–Crippen MR) is 95.2 cm³/mol. The quantitative estimate of drug-likeness (QED) is 0.803. The van der Waals surface area contributed by atoms with Crippen LogP contribution in [0, 0.1) is 12.7 Å². The Morgan fingerprint density at radius 2 is 2.12 bits per heavy atom. The lowest BCUT2D eigenvalue weighted by Gasteiger charge is -2.23. The lowest BCUT2D eigenvalue weighted by molar-refractivity contribution is 0.102. The second-order valence-corrected chi connectivity index (χ2v) is 6.44. The summed E-state index contributed by atoms with van der Waals surface area (Å²) in [5.41, 5.74) is 1.04. The second kappa shape index (κ2) is 8.04. The molecule has 0 spiro atoms. The zero-order chi connectivity index (χ0) is 16.4. The zero-order valence-corrected chi connectivity index (χ0v) is 15.5. The van der Waals surface area contributed by atoms with Gasteiger partial charge in [0.15, 0.2) is 5.69 Å². The number of anilines is 1. The summed E-state index contributed by atoms with van der Waals surface area (Å²) in [6.07, 6.45) is 1.90. The molecular weight excluding hydrogens is 401 g/mol. The lowest BCUT2D eigenvalue weighted by atomic mass is 10.1. The Morgan fingerprint density at radius 3 is 2.83 bits per heavy atom. The number of carbonyl (C=O) groups is 1. The van der Waals surface area contributed by atoms with Gasteiger partial charge >= 0.3 is 0 Å². The van der Waals surface area contributed by atoms with Crippen LogP contribution in [0.5, 0.6) is 0 Å². The molecule has 1 amide bonds. The summed E-state index contributed by atoms with van der Waals surface area (Å²) in [7, 11) is 0. The van der Waals surface area contributed by atoms with Crippen LogP contribution in [0.25, 0.3) is 0 Å². The highest BCUT2D eigenvalue weighted by Crippen LogP contribution is 2.23. The van der Waals surface area contributed by atoms with E-state index in [0.29, 0.717) is 10.2 Å². The van der Waals surface area contributed by atoms with Gasteiger partial charge in [-0.3, -0.25) is 4.79 Å². The average molecular weight is 419 g/mol. The van der Waals surface area contributed by atoms with Crippen molar-refractivity contribution in [3.05, 3.63) is 39.9 Å². The number of amides is 1. The number of rotatable bonds is 3. The largest absolute Gasteiger partial charge is 0.318 e. The van der Waals surface area contributed by atoms with Crippen molar-refractivity contribution in [1.29, 1.82) is 0 Å². The summed E-state index contributed by atoms with van der Waals surface area (Å²) in [6.45, 7) is 3.66. The molecule has 0 saturated carbocycles. The topological polar surface area (TPSA) is 71.8 Å². The smallest absolute Gasteiger partial charge is 0.278 e. The van der Waals surface area contributed by atoms with E-state index in [1.54, 1.807) is 10.7 Å². The second-order valence-electron chi connectivity index (χ2n) is 5.53. The first-order valence-electron chi connectivity index (χ1n) is 7.45. The molecule has 9 heteroatoms. The molecule has 0 radical (unpaired) electrons. The van der Waals surface area contributed by atoms with Crippen molar-refractivity contribution in [2.24, 2.45) is 0 Å². The van der Waals surface area contributed by atoms with Gasteiger partial charge in [-0.05, 0) is 51.1 Å². The minimum absolute atomic E-state index is 0. The van der Waals surface area contributed by atoms with Gasteiger partial charge in [0.1, 0.15) is 5.82 Å². The minimum atomic E-state index is -0.495. The monoisotopic (exact) mass is 417 g/mol. The standard InChI is InChI=1S/C15H17BrFN5O.ClH/c1-9-14(20-21-22(9)11-4-6-18-7-5-11)15(23)19-13-8-10(16)2-3-12(13)17;/h2-3,8,11,18H,4-7H2,1H3,(H,19,23);1H. The maximum atomic E-state index is 13.8. The molecule has 24 heavy (non-hydrogen) atoms. The Bertz CT molecular complexity index is 733. The van der Waals surface area contributed by atoms with E-state index in [0.717, 1.165) is 25.9 Å². The van der Waals surface area contributed by atoms with E-state index in [9.17, 15) is 9.18 Å². The number of benzene rings is 1. The fourth-order valence-electron chi connectivity index (χ4n) is 2.72. The molecule has 1 saturated heterocycles. The van der Waals surface area contributed by atoms with Gasteiger partial charge in [-0.1, -0.05) is 21.1 Å². The van der Waals surface area contributed by atoms with E-state index in [-0.39, 0.29) is 29.8 Å². The van der Waals surface area contributed by atoms with Crippen LogP contribution >= 0.6 is 28.3 Å². The number of nitrogens with one attached hydrogen (secondary N) is 2. The summed E-state index contributed by atoms with van der Waals surface area (Å²) in [5, 5.41) is 13.9. The number of aromatic nitrogens is 3. The average Bonchev–Trinajstić information content (AvgIpc) is 2.93. The molecule has 0 bridgehead atoms. The molecule has 1 aliphatic heterocycles. The molecule has 2 N–H and O–H groups in total. The SMILES string of the molecule is Cc1c(C(=O)Nc2cc(Br)ccc2F)nnn1C1CCNCC1.Cl. The number of carbonyl (C=O) groups excluding carboxylic acids is 1. The van der Waals surface area contributed by atoms with Crippen LogP contribution in [0.3, 0.4) is 0 Å². The van der Waals surface area contributed by atoms with E-state index >= 15 is 0 Å². The highest BCUT2D eigenvalue weighted by Gasteiger charge is 2.23. The first-order valence-corrected chi connectivity index (χ1v) is 8.24. The molecule has 1 aliphatic rings. The van der Waals surface area contributed by atoms with Crippen LogP contribution in [0.1, 0.15) is 35.1 Å². The number of hydrogen-bond donors (Lipinski definition) is 2. The van der Waals surface area contributed by atoms with Crippen molar-refractivity contribution < 1.29 is 9.18 Å². The van der Waals surface area contributed by atoms with Gasteiger partial charge in [-0.25, -0.2) is 9.07 Å². The molecule has 0 aliphatic carbocycles. The van der Waals surface area contributed by atoms with Crippen LogP contribution in [0.2, 0.25) is 0 Å². The molecule has 2 aromatic rings. The maximum absolute atomic E-state index is 13.8. The molecule has 1 aromatic carbocycles. The van der Waals surface area contributed by atoms with E-state index < -0.39 is 11.7 Å². The Morgan fingerprint density at radius 1 is 1.42 bits per heavy atom. The molecule has 1 aromatic heterocycles. The molecule has 2 heterocycles. The Balaban J connectivity index is 0.00000208. The van der Waals surface area contributed by atoms with Gasteiger partial charge in [0.25, 0.3) is 5.91 Å². The van der Waals surface area contributed by atoms with E-state index in [1.165, 1.54) is 12.1 Å². The number of halogens is 3. The Hall–Kier alpha value is -1.51. The van der Waals surface area contributed by atoms with Gasteiger partial charge in [0.05, 0.1) is 17.4 Å². The summed E-state index contributed by atoms with van der Waals surface area (Å²) >= 11 is 3.26. The number of nitrogens with zero attached hydrogens (tertiary/aromatic N) is 3. The van der Waals surface area contributed by atoms with Crippen LogP contribution in [-0.4, -0.2) is 34.0 Å². The van der Waals surface area contributed by atoms with E-state index in [1.807, 2.05) is 6.92 Å². The molecule has 6 nitrogen and oxygen atoms in total. The molecular formula is C15H18BrClFN5O. The van der Waals surface area contributed by atoms with Crippen LogP contribution in [-0.2, 0) is 0 Å². The normalized spacial score (nSPS) is 15.0. The van der Waals surface area contributed by atoms with Gasteiger partial charge in [-0.2, -0.15) is 0 Å². The first-order chi connectivity index (χ1) is 11.1. The molecule has 1 fully saturated rings. The van der Waals surface area contributed by atoms with Gasteiger partial charge in [0.2, 0.25) is 0 Å². The van der Waals surface area contributed by atoms with Gasteiger partial charge in [0, 0.05) is 4.47 Å². The summed E-state index contributed by atoms with van der Waals surface area (Å²) in [6, 6.07) is 4.62. The minimum Gasteiger partial charge on any atom is -0.318 e. The Kier molecular flexibility index (Phi) is 6.31. The third-order valence-electron chi connectivity index (χ3n) is 3.97. The summed E-state index contributed by atoms with van der Waals surface area (Å²) < 4.78 is 16.2. The fraction of sp³-hybridized carbons (Fsp3) is 0.400. The van der Waals surface area contributed by atoms with Gasteiger partial charge in [-0.15, -0.1) is 17.5 Å². The Labute approximate surface area is 153 Å². The van der Waals surface area contributed by atoms with Crippen molar-refractivity contribution in [3.8, 4) is 0 Å².